The third-order valence-electron chi connectivity index (χ3n) is 4.22. The Balaban J connectivity index is 1.59. The van der Waals surface area contributed by atoms with Crippen molar-refractivity contribution in [3.8, 4) is 0 Å². The van der Waals surface area contributed by atoms with E-state index in [0.29, 0.717) is 37.7 Å². The van der Waals surface area contributed by atoms with Gasteiger partial charge in [0.2, 0.25) is 10.0 Å². The van der Waals surface area contributed by atoms with Crippen molar-refractivity contribution >= 4 is 10.0 Å². The Kier molecular flexibility index (Phi) is 5.35. The predicted molar refractivity (Wildman–Crippen MR) is 92.0 cm³/mol. The fourth-order valence-electron chi connectivity index (χ4n) is 2.73. The molecule has 2 heterocycles. The Morgan fingerprint density at radius 1 is 1.08 bits per heavy atom. The first-order chi connectivity index (χ1) is 11.6. The highest BCUT2D eigenvalue weighted by Crippen LogP contribution is 2.17. The molecule has 1 N–H and O–H groups in total. The molecule has 6 nitrogen and oxygen atoms in total. The van der Waals surface area contributed by atoms with E-state index in [9.17, 15) is 8.42 Å². The van der Waals surface area contributed by atoms with Crippen LogP contribution in [0.1, 0.15) is 11.3 Å². The summed E-state index contributed by atoms with van der Waals surface area (Å²) in [6.45, 7) is 3.23. The minimum Gasteiger partial charge on any atom is -0.379 e. The monoisotopic (exact) mass is 349 g/mol. The number of hydrogen-bond acceptors (Lipinski definition) is 4. The SMILES string of the molecule is Cn1cccc1CNCc1ccc(S(=O)(=O)N2CCOCC2)cc1. The average molecular weight is 349 g/mol. The zero-order valence-electron chi connectivity index (χ0n) is 13.8. The standard InChI is InChI=1S/C17H23N3O3S/c1-19-8-2-3-16(19)14-18-13-15-4-6-17(7-5-15)24(21,22)20-9-11-23-12-10-20/h2-8,18H,9-14H2,1H3. The summed E-state index contributed by atoms with van der Waals surface area (Å²) in [4.78, 5) is 0.343. The Hall–Kier alpha value is -1.67. The van der Waals surface area contributed by atoms with Gasteiger partial charge in [0.15, 0.2) is 0 Å². The minimum atomic E-state index is -3.41. The molecule has 7 heteroatoms. The van der Waals surface area contributed by atoms with E-state index in [-0.39, 0.29) is 0 Å². The van der Waals surface area contributed by atoms with Crippen LogP contribution in [0.5, 0.6) is 0 Å². The number of ether oxygens (including phenoxy) is 1. The molecule has 1 aliphatic rings. The molecule has 0 aliphatic carbocycles. The van der Waals surface area contributed by atoms with E-state index in [0.717, 1.165) is 12.1 Å². The average Bonchev–Trinajstić information content (AvgIpc) is 3.01. The van der Waals surface area contributed by atoms with Gasteiger partial charge in [-0.25, -0.2) is 8.42 Å². The largest absolute Gasteiger partial charge is 0.379 e. The lowest BCUT2D eigenvalue weighted by Gasteiger charge is -2.26. The van der Waals surface area contributed by atoms with Crippen molar-refractivity contribution in [3.05, 3.63) is 53.9 Å². The summed E-state index contributed by atoms with van der Waals surface area (Å²) in [6, 6.07) is 11.2. The molecule has 1 aromatic carbocycles. The maximum atomic E-state index is 12.6. The van der Waals surface area contributed by atoms with Gasteiger partial charge in [-0.15, -0.1) is 0 Å². The normalized spacial score (nSPS) is 16.4. The number of hydrogen-bond donors (Lipinski definition) is 1. The van der Waals surface area contributed by atoms with E-state index in [2.05, 4.69) is 16.0 Å². The second-order valence-corrected chi connectivity index (χ2v) is 7.81. The highest BCUT2D eigenvalue weighted by atomic mass is 32.2. The number of nitrogens with one attached hydrogen (secondary N) is 1. The lowest BCUT2D eigenvalue weighted by molar-refractivity contribution is 0.0730. The molecule has 1 aliphatic heterocycles. The Morgan fingerprint density at radius 3 is 2.42 bits per heavy atom. The van der Waals surface area contributed by atoms with E-state index in [4.69, 9.17) is 4.74 Å². The van der Waals surface area contributed by atoms with Crippen LogP contribution in [0.25, 0.3) is 0 Å². The molecule has 130 valence electrons. The minimum absolute atomic E-state index is 0.343. The number of morpholine rings is 1. The van der Waals surface area contributed by atoms with Gasteiger partial charge >= 0.3 is 0 Å². The smallest absolute Gasteiger partial charge is 0.243 e. The summed E-state index contributed by atoms with van der Waals surface area (Å²) < 4.78 is 33.9. The quantitative estimate of drug-likeness (QED) is 0.855. The highest BCUT2D eigenvalue weighted by Gasteiger charge is 2.25. The molecule has 2 aromatic rings. The molecule has 1 fully saturated rings. The van der Waals surface area contributed by atoms with Crippen molar-refractivity contribution < 1.29 is 13.2 Å². The first-order valence-corrected chi connectivity index (χ1v) is 9.49. The number of benzene rings is 1. The van der Waals surface area contributed by atoms with Gasteiger partial charge < -0.3 is 14.6 Å². The summed E-state index contributed by atoms with van der Waals surface area (Å²) in [5.74, 6) is 0. The third-order valence-corrected chi connectivity index (χ3v) is 6.13. The molecule has 0 bridgehead atoms. The Labute approximate surface area is 143 Å². The van der Waals surface area contributed by atoms with Crippen molar-refractivity contribution in [2.24, 2.45) is 7.05 Å². The van der Waals surface area contributed by atoms with Crippen LogP contribution in [0.3, 0.4) is 0 Å². The third kappa shape index (κ3) is 3.87. The van der Waals surface area contributed by atoms with Gasteiger partial charge in [0.05, 0.1) is 18.1 Å². The number of aryl methyl sites for hydroxylation is 1. The van der Waals surface area contributed by atoms with Gasteiger partial charge in [-0.2, -0.15) is 4.31 Å². The highest BCUT2D eigenvalue weighted by molar-refractivity contribution is 7.89. The van der Waals surface area contributed by atoms with E-state index in [1.54, 1.807) is 12.1 Å². The zero-order valence-corrected chi connectivity index (χ0v) is 14.6. The van der Waals surface area contributed by atoms with E-state index in [1.807, 2.05) is 31.4 Å². The molecule has 0 atom stereocenters. The van der Waals surface area contributed by atoms with Crippen LogP contribution < -0.4 is 5.32 Å². The second-order valence-electron chi connectivity index (χ2n) is 5.87. The number of rotatable bonds is 6. The van der Waals surface area contributed by atoms with Crippen LogP contribution >= 0.6 is 0 Å². The van der Waals surface area contributed by atoms with Gasteiger partial charge in [-0.05, 0) is 29.8 Å². The Morgan fingerprint density at radius 2 is 1.79 bits per heavy atom. The van der Waals surface area contributed by atoms with Crippen LogP contribution in [-0.2, 0) is 34.9 Å². The van der Waals surface area contributed by atoms with Crippen LogP contribution in [0.4, 0.5) is 0 Å². The molecule has 0 unspecified atom stereocenters. The molecule has 1 saturated heterocycles. The molecule has 0 saturated carbocycles. The van der Waals surface area contributed by atoms with E-state index < -0.39 is 10.0 Å². The summed E-state index contributed by atoms with van der Waals surface area (Å²) in [5, 5.41) is 3.37. The van der Waals surface area contributed by atoms with Crippen molar-refractivity contribution in [2.45, 2.75) is 18.0 Å². The summed E-state index contributed by atoms with van der Waals surface area (Å²) in [5.41, 5.74) is 2.27. The van der Waals surface area contributed by atoms with Crippen molar-refractivity contribution in [1.82, 2.24) is 14.2 Å². The Bertz CT molecular complexity index is 763. The molecular weight excluding hydrogens is 326 g/mol. The summed E-state index contributed by atoms with van der Waals surface area (Å²) in [7, 11) is -1.39. The second kappa shape index (κ2) is 7.48. The van der Waals surface area contributed by atoms with Gasteiger partial charge in [-0.3, -0.25) is 0 Å². The maximum absolute atomic E-state index is 12.6. The van der Waals surface area contributed by atoms with Crippen molar-refractivity contribution in [3.63, 3.8) is 0 Å². The number of sulfonamides is 1. The summed E-state index contributed by atoms with van der Waals surface area (Å²) >= 11 is 0. The predicted octanol–water partition coefficient (Wildman–Crippen LogP) is 1.34. The first-order valence-electron chi connectivity index (χ1n) is 8.05. The van der Waals surface area contributed by atoms with E-state index in [1.165, 1.54) is 10.00 Å². The van der Waals surface area contributed by atoms with Gasteiger partial charge in [0.25, 0.3) is 0 Å². The number of aromatic nitrogens is 1. The molecule has 0 spiro atoms. The molecule has 3 rings (SSSR count). The molecule has 0 amide bonds. The molecular formula is C17H23N3O3S. The fraction of sp³-hybridized carbons (Fsp3) is 0.412. The van der Waals surface area contributed by atoms with Crippen molar-refractivity contribution in [1.29, 1.82) is 0 Å². The summed E-state index contributed by atoms with van der Waals surface area (Å²) in [6.07, 6.45) is 2.02. The van der Waals surface area contributed by atoms with Gasteiger partial charge in [-0.1, -0.05) is 12.1 Å². The molecule has 1 aromatic heterocycles. The molecule has 0 radical (unpaired) electrons. The lowest BCUT2D eigenvalue weighted by atomic mass is 10.2. The fourth-order valence-corrected chi connectivity index (χ4v) is 4.14. The first kappa shape index (κ1) is 17.2. The van der Waals surface area contributed by atoms with Crippen LogP contribution in [0.15, 0.2) is 47.5 Å². The van der Waals surface area contributed by atoms with Gasteiger partial charge in [0, 0.05) is 45.1 Å². The van der Waals surface area contributed by atoms with Gasteiger partial charge in [0.1, 0.15) is 0 Å². The number of nitrogens with zero attached hydrogens (tertiary/aromatic N) is 2. The topological polar surface area (TPSA) is 63.6 Å². The maximum Gasteiger partial charge on any atom is 0.243 e. The van der Waals surface area contributed by atoms with Crippen LogP contribution in [0.2, 0.25) is 0 Å². The van der Waals surface area contributed by atoms with Crippen LogP contribution in [0, 0.1) is 0 Å². The molecule has 24 heavy (non-hydrogen) atoms. The zero-order chi connectivity index (χ0) is 17.0. The van der Waals surface area contributed by atoms with E-state index >= 15 is 0 Å². The van der Waals surface area contributed by atoms with Crippen LogP contribution in [-0.4, -0.2) is 43.6 Å². The van der Waals surface area contributed by atoms with Crippen molar-refractivity contribution in [2.75, 3.05) is 26.3 Å². The lowest BCUT2D eigenvalue weighted by Crippen LogP contribution is -2.40.